The maximum atomic E-state index is 12.2. The number of carbonyl (C=O) groups excluding carboxylic acids is 3. The van der Waals surface area contributed by atoms with Crippen molar-refractivity contribution in [2.24, 2.45) is 0 Å². The lowest BCUT2D eigenvalue weighted by Crippen LogP contribution is -2.51. The normalized spacial score (nSPS) is 12.5. The predicted octanol–water partition coefficient (Wildman–Crippen LogP) is -0.453. The number of aliphatic carboxylic acids is 4. The zero-order valence-electron chi connectivity index (χ0n) is 22.4. The molecule has 0 saturated heterocycles. The zero-order valence-corrected chi connectivity index (χ0v) is 22.4. The van der Waals surface area contributed by atoms with Crippen molar-refractivity contribution < 1.29 is 62.4 Å². The largest absolute Gasteiger partial charge is 0.542 e. The summed E-state index contributed by atoms with van der Waals surface area (Å²) in [6, 6.07) is -0.336. The van der Waals surface area contributed by atoms with Gasteiger partial charge in [0.05, 0.1) is 26.7 Å². The summed E-state index contributed by atoms with van der Waals surface area (Å²) in [5.74, 6) is -6.48. The molecule has 1 heterocycles. The van der Waals surface area contributed by atoms with Gasteiger partial charge in [0.25, 0.3) is 5.91 Å². The van der Waals surface area contributed by atoms with E-state index in [0.29, 0.717) is 22.9 Å². The number of hydrogen-bond acceptors (Lipinski definition) is 8. The number of pyridine rings is 1. The zero-order chi connectivity index (χ0) is 32.0. The van der Waals surface area contributed by atoms with Crippen molar-refractivity contribution in [3.63, 3.8) is 0 Å². The average molecular weight is 596 g/mol. The Balaban J connectivity index is 0.00000201. The van der Waals surface area contributed by atoms with Gasteiger partial charge in [-0.05, 0) is 31.7 Å². The number of hydrogen-bond donors (Lipinski definition) is 6. The van der Waals surface area contributed by atoms with Crippen molar-refractivity contribution in [1.29, 1.82) is 0 Å². The molecule has 230 valence electrons. The van der Waals surface area contributed by atoms with Gasteiger partial charge in [-0.15, -0.1) is 0 Å². The lowest BCUT2D eigenvalue weighted by atomic mass is 10.1. The van der Waals surface area contributed by atoms with Crippen LogP contribution in [0.5, 0.6) is 0 Å². The minimum absolute atomic E-state index is 0.0469. The van der Waals surface area contributed by atoms with Gasteiger partial charge >= 0.3 is 30.1 Å². The lowest BCUT2D eigenvalue weighted by molar-refractivity contribution is -0.344. The molecule has 0 aromatic carbocycles. The van der Waals surface area contributed by atoms with Gasteiger partial charge in [-0.25, -0.2) is 19.4 Å². The van der Waals surface area contributed by atoms with E-state index in [1.807, 2.05) is 21.1 Å². The Morgan fingerprint density at radius 3 is 1.83 bits per heavy atom. The summed E-state index contributed by atoms with van der Waals surface area (Å²) in [6.45, 7) is 0.282. The number of urea groups is 1. The summed E-state index contributed by atoms with van der Waals surface area (Å²) in [6.07, 6.45) is -3.68. The number of nitrogens with zero attached hydrogens (tertiary/aromatic N) is 2. The van der Waals surface area contributed by atoms with E-state index in [9.17, 15) is 42.3 Å². The van der Waals surface area contributed by atoms with Crippen LogP contribution in [0.3, 0.4) is 0 Å². The molecule has 0 unspecified atom stereocenters. The second-order valence-corrected chi connectivity index (χ2v) is 9.29. The molecule has 0 radical (unpaired) electrons. The second-order valence-electron chi connectivity index (χ2n) is 9.29. The Hall–Kier alpha value is -4.48. The molecule has 3 amide bonds. The van der Waals surface area contributed by atoms with Gasteiger partial charge < -0.3 is 41.2 Å². The van der Waals surface area contributed by atoms with E-state index < -0.39 is 54.6 Å². The van der Waals surface area contributed by atoms with Crippen molar-refractivity contribution in [2.45, 2.75) is 50.4 Å². The van der Waals surface area contributed by atoms with E-state index >= 15 is 0 Å². The highest BCUT2D eigenvalue weighted by atomic mass is 19.4. The third kappa shape index (κ3) is 15.6. The van der Waals surface area contributed by atoms with Crippen LogP contribution >= 0.6 is 0 Å². The number of alkyl halides is 3. The fraction of sp³-hybridized carbons (Fsp3) is 0.522. The highest BCUT2D eigenvalue weighted by Gasteiger charge is 2.29. The summed E-state index contributed by atoms with van der Waals surface area (Å²) >= 11 is 0. The maximum Gasteiger partial charge on any atom is 0.430 e. The van der Waals surface area contributed by atoms with E-state index in [-0.39, 0.29) is 25.3 Å². The first-order chi connectivity index (χ1) is 18.7. The number of nitrogens with one attached hydrogen (secondary N) is 3. The highest BCUT2D eigenvalue weighted by Crippen LogP contribution is 2.13. The van der Waals surface area contributed by atoms with Crippen LogP contribution < -0.4 is 25.5 Å². The summed E-state index contributed by atoms with van der Waals surface area (Å²) in [7, 11) is 5.86. The van der Waals surface area contributed by atoms with Gasteiger partial charge in [0.1, 0.15) is 18.1 Å². The van der Waals surface area contributed by atoms with Crippen molar-refractivity contribution in [3.8, 4) is 0 Å². The number of amides is 3. The van der Waals surface area contributed by atoms with E-state index in [1.165, 1.54) is 6.20 Å². The molecule has 15 nitrogen and oxygen atoms in total. The first-order valence-corrected chi connectivity index (χ1v) is 11.8. The SMILES string of the molecule is C[N+](C)(C)c1ccc(C(=O)NCCCC[C@H](NC(=O)N[C@@H](CCC(=O)O)C(=O)O)C(=O)O)cn1.O=C([O-])C(F)(F)F. The topological polar surface area (TPSA) is 235 Å². The van der Waals surface area contributed by atoms with Gasteiger partial charge in [-0.3, -0.25) is 14.1 Å². The number of carboxylic acids is 4. The van der Waals surface area contributed by atoms with Gasteiger partial charge in [-0.1, -0.05) is 0 Å². The third-order valence-electron chi connectivity index (χ3n) is 4.99. The van der Waals surface area contributed by atoms with Crippen molar-refractivity contribution in [3.05, 3.63) is 23.9 Å². The second kappa shape index (κ2) is 16.6. The minimum atomic E-state index is -5.19. The van der Waals surface area contributed by atoms with Crippen LogP contribution in [0.25, 0.3) is 0 Å². The molecule has 0 aliphatic heterocycles. The Bertz CT molecular complexity index is 1080. The molecule has 1 aromatic heterocycles. The number of quaternary nitrogens is 1. The summed E-state index contributed by atoms with van der Waals surface area (Å²) in [5, 5.41) is 42.8. The molecule has 0 saturated carbocycles. The first kappa shape index (κ1) is 36.5. The average Bonchev–Trinajstić information content (AvgIpc) is 2.84. The number of carbonyl (C=O) groups is 6. The molecule has 0 aliphatic carbocycles. The third-order valence-corrected chi connectivity index (χ3v) is 4.99. The van der Waals surface area contributed by atoms with Crippen LogP contribution in [-0.2, 0) is 19.2 Å². The smallest absolute Gasteiger partial charge is 0.430 e. The van der Waals surface area contributed by atoms with E-state index in [0.717, 1.165) is 5.82 Å². The molecule has 0 aliphatic rings. The van der Waals surface area contributed by atoms with E-state index in [1.54, 1.807) is 12.1 Å². The van der Waals surface area contributed by atoms with Crippen LogP contribution in [0, 0.1) is 0 Å². The standard InChI is InChI=1S/C21H31N5O8.C2HF3O2/c1-26(2,3)16-9-7-13(12-23-16)18(29)22-11-5-4-6-14(19(30)31)24-21(34)25-15(20(32)33)8-10-17(27)28;3-2(4,5)1(6)7/h7,9,12,14-15H,4-6,8,10-11H2,1-3H3,(H5-,22,24,25,27,28,29,30,31,32,33,34);(H,6,7)/t14-,15-;/m0./s1. The van der Waals surface area contributed by atoms with Gasteiger partial charge in [-0.2, -0.15) is 13.2 Å². The molecule has 0 bridgehead atoms. The van der Waals surface area contributed by atoms with Crippen molar-refractivity contribution >= 4 is 41.6 Å². The number of carboxylic acid groups (broad SMARTS) is 4. The lowest BCUT2D eigenvalue weighted by Gasteiger charge is -2.21. The molecule has 18 heteroatoms. The summed E-state index contributed by atoms with van der Waals surface area (Å²) in [4.78, 5) is 70.4. The molecule has 0 fully saturated rings. The van der Waals surface area contributed by atoms with Crippen LogP contribution in [0.2, 0.25) is 0 Å². The van der Waals surface area contributed by atoms with Crippen molar-refractivity contribution in [1.82, 2.24) is 25.4 Å². The van der Waals surface area contributed by atoms with Crippen molar-refractivity contribution in [2.75, 3.05) is 27.7 Å². The van der Waals surface area contributed by atoms with E-state index in [4.69, 9.17) is 20.1 Å². The molecule has 0 spiro atoms. The molecule has 2 atom stereocenters. The Kier molecular flexibility index (Phi) is 14.8. The van der Waals surface area contributed by atoms with Crippen LogP contribution in [0.4, 0.5) is 23.8 Å². The highest BCUT2D eigenvalue weighted by molar-refractivity contribution is 5.94. The number of halogens is 3. The van der Waals surface area contributed by atoms with Gasteiger partial charge in [0, 0.05) is 25.2 Å². The fourth-order valence-electron chi connectivity index (χ4n) is 2.84. The van der Waals surface area contributed by atoms with E-state index in [2.05, 4.69) is 20.9 Å². The monoisotopic (exact) mass is 595 g/mol. The molecule has 6 N–H and O–H groups in total. The Morgan fingerprint density at radius 2 is 1.44 bits per heavy atom. The van der Waals surface area contributed by atoms with Crippen LogP contribution in [0.1, 0.15) is 42.5 Å². The van der Waals surface area contributed by atoms with Crippen LogP contribution in [0.15, 0.2) is 18.3 Å². The Morgan fingerprint density at radius 1 is 0.927 bits per heavy atom. The summed E-state index contributed by atoms with van der Waals surface area (Å²) in [5.41, 5.74) is 0.398. The fourth-order valence-corrected chi connectivity index (χ4v) is 2.84. The Labute approximate surface area is 231 Å². The summed E-state index contributed by atoms with van der Waals surface area (Å²) < 4.78 is 32.1. The molecular formula is C23H32F3N5O10. The number of rotatable bonds is 14. The first-order valence-electron chi connectivity index (χ1n) is 11.8. The van der Waals surface area contributed by atoms with Gasteiger partial charge in [0.2, 0.25) is 5.82 Å². The van der Waals surface area contributed by atoms with Gasteiger partial charge in [0.15, 0.2) is 0 Å². The molecule has 1 aromatic rings. The predicted molar refractivity (Wildman–Crippen MR) is 132 cm³/mol. The number of unbranched alkanes of at least 4 members (excludes halogenated alkanes) is 1. The van der Waals surface area contributed by atoms with Crippen LogP contribution in [-0.4, -0.2) is 102 Å². The number of aromatic nitrogens is 1. The molecular weight excluding hydrogens is 563 g/mol. The quantitative estimate of drug-likeness (QED) is 0.119. The minimum Gasteiger partial charge on any atom is -0.542 e. The maximum absolute atomic E-state index is 12.2. The molecule has 41 heavy (non-hydrogen) atoms. The molecule has 1 rings (SSSR count).